The summed E-state index contributed by atoms with van der Waals surface area (Å²) in [5, 5.41) is 3.04. The van der Waals surface area contributed by atoms with Crippen molar-refractivity contribution in [2.45, 2.75) is 38.0 Å². The average Bonchev–Trinajstić information content (AvgIpc) is 2.71. The molecule has 2 N–H and O–H groups in total. The van der Waals surface area contributed by atoms with E-state index < -0.39 is 10.0 Å². The fourth-order valence-corrected chi connectivity index (χ4v) is 4.42. The molecule has 9 heteroatoms. The lowest BCUT2D eigenvalue weighted by Crippen LogP contribution is -2.25. The Morgan fingerprint density at radius 2 is 1.77 bits per heavy atom. The largest absolute Gasteiger partial charge is 0.495 e. The van der Waals surface area contributed by atoms with Gasteiger partial charge in [-0.3, -0.25) is 9.52 Å². The lowest BCUT2D eigenvalue weighted by atomic mass is 10.1. The monoisotopic (exact) mass is 454 g/mol. The third-order valence-electron chi connectivity index (χ3n) is 4.52. The predicted octanol–water partition coefficient (Wildman–Crippen LogP) is 4.39. The number of methoxy groups -OCH3 is 2. The first kappa shape index (κ1) is 23.8. The smallest absolute Gasteiger partial charge is 0.262 e. The minimum atomic E-state index is -4.01. The number of anilines is 1. The van der Waals surface area contributed by atoms with Crippen LogP contribution in [0.4, 0.5) is 5.69 Å². The molecular formula is C21H27ClN2O5S. The summed E-state index contributed by atoms with van der Waals surface area (Å²) in [7, 11) is -1.14. The van der Waals surface area contributed by atoms with Crippen LogP contribution in [0, 0.1) is 6.92 Å². The predicted molar refractivity (Wildman–Crippen MR) is 118 cm³/mol. The number of ether oxygens (including phenoxy) is 2. The number of benzene rings is 2. The molecule has 2 rings (SSSR count). The highest BCUT2D eigenvalue weighted by molar-refractivity contribution is 7.92. The summed E-state index contributed by atoms with van der Waals surface area (Å²) in [6, 6.07) is 7.48. The molecule has 0 aromatic heterocycles. The van der Waals surface area contributed by atoms with Gasteiger partial charge in [0.25, 0.3) is 15.9 Å². The molecule has 0 heterocycles. The van der Waals surface area contributed by atoms with Gasteiger partial charge in [-0.15, -0.1) is 0 Å². The molecule has 0 bridgehead atoms. The van der Waals surface area contributed by atoms with Crippen LogP contribution in [0.1, 0.15) is 42.1 Å². The summed E-state index contributed by atoms with van der Waals surface area (Å²) in [5.41, 5.74) is 0.943. The molecule has 7 nitrogen and oxygen atoms in total. The summed E-state index contributed by atoms with van der Waals surface area (Å²) in [6.07, 6.45) is 2.94. The topological polar surface area (TPSA) is 93.7 Å². The van der Waals surface area contributed by atoms with E-state index in [1.54, 1.807) is 19.1 Å². The number of sulfonamides is 1. The SMILES string of the molecule is CCCCCNC(=O)c1ccc(C)c(S(=O)(=O)Nc2cc(Cl)c(OC)cc2OC)c1. The highest BCUT2D eigenvalue weighted by atomic mass is 35.5. The molecule has 0 radical (unpaired) electrons. The summed E-state index contributed by atoms with van der Waals surface area (Å²) in [6.45, 7) is 4.29. The van der Waals surface area contributed by atoms with Gasteiger partial charge in [0.05, 0.1) is 29.8 Å². The molecule has 0 aliphatic carbocycles. The van der Waals surface area contributed by atoms with E-state index in [1.165, 1.54) is 32.4 Å². The second-order valence-corrected chi connectivity index (χ2v) is 8.79. The number of halogens is 1. The van der Waals surface area contributed by atoms with E-state index in [0.29, 0.717) is 17.9 Å². The molecule has 0 unspecified atom stereocenters. The highest BCUT2D eigenvalue weighted by Gasteiger charge is 2.22. The van der Waals surface area contributed by atoms with Crippen LogP contribution in [-0.2, 0) is 10.0 Å². The molecule has 1 amide bonds. The van der Waals surface area contributed by atoms with Crippen molar-refractivity contribution in [3.63, 3.8) is 0 Å². The number of hydrogen-bond donors (Lipinski definition) is 2. The second kappa shape index (κ2) is 10.5. The zero-order valence-electron chi connectivity index (χ0n) is 17.5. The van der Waals surface area contributed by atoms with Gasteiger partial charge in [0, 0.05) is 18.2 Å². The van der Waals surface area contributed by atoms with Crippen molar-refractivity contribution in [1.29, 1.82) is 0 Å². The minimum Gasteiger partial charge on any atom is -0.495 e. The zero-order valence-corrected chi connectivity index (χ0v) is 19.1. The van der Waals surface area contributed by atoms with Crippen molar-refractivity contribution >= 4 is 33.2 Å². The van der Waals surface area contributed by atoms with Crippen molar-refractivity contribution in [2.24, 2.45) is 0 Å². The molecule has 2 aromatic carbocycles. The van der Waals surface area contributed by atoms with Crippen LogP contribution in [0.3, 0.4) is 0 Å². The average molecular weight is 455 g/mol. The fourth-order valence-electron chi connectivity index (χ4n) is 2.85. The first-order valence-corrected chi connectivity index (χ1v) is 11.4. The van der Waals surface area contributed by atoms with Crippen LogP contribution in [0.15, 0.2) is 35.2 Å². The Morgan fingerprint density at radius 1 is 1.07 bits per heavy atom. The van der Waals surface area contributed by atoms with Gasteiger partial charge in [0.15, 0.2) is 0 Å². The maximum atomic E-state index is 13.1. The Morgan fingerprint density at radius 3 is 2.40 bits per heavy atom. The van der Waals surface area contributed by atoms with Gasteiger partial charge in [0.1, 0.15) is 11.5 Å². The molecule has 164 valence electrons. The van der Waals surface area contributed by atoms with Crippen LogP contribution < -0.4 is 19.5 Å². The number of amides is 1. The van der Waals surface area contributed by atoms with Gasteiger partial charge in [-0.05, 0) is 37.1 Å². The van der Waals surface area contributed by atoms with Crippen molar-refractivity contribution in [3.05, 3.63) is 46.5 Å². The highest BCUT2D eigenvalue weighted by Crippen LogP contribution is 2.37. The number of hydrogen-bond acceptors (Lipinski definition) is 5. The molecule has 0 saturated heterocycles. The van der Waals surface area contributed by atoms with E-state index >= 15 is 0 Å². The van der Waals surface area contributed by atoms with Crippen LogP contribution >= 0.6 is 11.6 Å². The number of carbonyl (C=O) groups is 1. The maximum Gasteiger partial charge on any atom is 0.262 e. The van der Waals surface area contributed by atoms with Crippen molar-refractivity contribution < 1.29 is 22.7 Å². The Hall–Kier alpha value is -2.45. The Kier molecular flexibility index (Phi) is 8.37. The molecule has 0 saturated carbocycles. The lowest BCUT2D eigenvalue weighted by molar-refractivity contribution is 0.0952. The molecule has 30 heavy (non-hydrogen) atoms. The molecule has 0 aliphatic rings. The van der Waals surface area contributed by atoms with Crippen molar-refractivity contribution in [3.8, 4) is 11.5 Å². The van der Waals surface area contributed by atoms with Gasteiger partial charge in [-0.2, -0.15) is 0 Å². The van der Waals surface area contributed by atoms with Gasteiger partial charge in [-0.1, -0.05) is 37.4 Å². The van der Waals surface area contributed by atoms with Gasteiger partial charge < -0.3 is 14.8 Å². The van der Waals surface area contributed by atoms with E-state index in [1.807, 2.05) is 0 Å². The number of unbranched alkanes of at least 4 members (excludes halogenated alkanes) is 2. The molecule has 0 atom stereocenters. The number of aryl methyl sites for hydroxylation is 1. The zero-order chi connectivity index (χ0) is 22.3. The quantitative estimate of drug-likeness (QED) is 0.519. The van der Waals surface area contributed by atoms with E-state index in [-0.39, 0.29) is 32.8 Å². The number of carbonyl (C=O) groups excluding carboxylic acids is 1. The van der Waals surface area contributed by atoms with Gasteiger partial charge in [-0.25, -0.2) is 8.42 Å². The van der Waals surface area contributed by atoms with E-state index in [9.17, 15) is 13.2 Å². The first-order chi connectivity index (χ1) is 14.2. The molecule has 0 fully saturated rings. The van der Waals surface area contributed by atoms with Crippen LogP contribution in [-0.4, -0.2) is 35.1 Å². The van der Waals surface area contributed by atoms with Crippen molar-refractivity contribution in [1.82, 2.24) is 5.32 Å². The van der Waals surface area contributed by atoms with E-state index in [4.69, 9.17) is 21.1 Å². The summed E-state index contributed by atoms with van der Waals surface area (Å²) in [4.78, 5) is 12.4. The summed E-state index contributed by atoms with van der Waals surface area (Å²) >= 11 is 6.13. The van der Waals surface area contributed by atoms with Gasteiger partial charge in [0.2, 0.25) is 0 Å². The van der Waals surface area contributed by atoms with Crippen molar-refractivity contribution in [2.75, 3.05) is 25.5 Å². The molecule has 2 aromatic rings. The molecule has 0 spiro atoms. The Bertz CT molecular complexity index is 1010. The van der Waals surface area contributed by atoms with Gasteiger partial charge >= 0.3 is 0 Å². The standard InChI is InChI=1S/C21H27ClN2O5S/c1-5-6-7-10-23-21(25)15-9-8-14(2)20(11-15)30(26,27)24-17-12-16(22)18(28-3)13-19(17)29-4/h8-9,11-13,24H,5-7,10H2,1-4H3,(H,23,25). The Balaban J connectivity index is 2.32. The van der Waals surface area contributed by atoms with Crippen LogP contribution in [0.25, 0.3) is 0 Å². The molecule has 0 aliphatic heterocycles. The third-order valence-corrected chi connectivity index (χ3v) is 6.33. The normalized spacial score (nSPS) is 11.1. The third kappa shape index (κ3) is 5.79. The Labute approximate surface area is 182 Å². The number of nitrogens with one attached hydrogen (secondary N) is 2. The van der Waals surface area contributed by atoms with E-state index in [2.05, 4.69) is 17.0 Å². The lowest BCUT2D eigenvalue weighted by Gasteiger charge is -2.16. The first-order valence-electron chi connectivity index (χ1n) is 9.56. The van der Waals surface area contributed by atoms with Crippen LogP contribution in [0.2, 0.25) is 5.02 Å². The fraction of sp³-hybridized carbons (Fsp3) is 0.381. The maximum absolute atomic E-state index is 13.1. The van der Waals surface area contributed by atoms with Crippen LogP contribution in [0.5, 0.6) is 11.5 Å². The molecular weight excluding hydrogens is 428 g/mol. The van der Waals surface area contributed by atoms with E-state index in [0.717, 1.165) is 19.3 Å². The second-order valence-electron chi connectivity index (χ2n) is 6.74. The summed E-state index contributed by atoms with van der Waals surface area (Å²) in [5.74, 6) is 0.296. The summed E-state index contributed by atoms with van der Waals surface area (Å²) < 4.78 is 39.0. The minimum absolute atomic E-state index is 0.00213. The number of rotatable bonds is 10.